The quantitative estimate of drug-likeness (QED) is 0.0765. The summed E-state index contributed by atoms with van der Waals surface area (Å²) in [5.41, 5.74) is 6.18. The van der Waals surface area contributed by atoms with Crippen molar-refractivity contribution >= 4 is 29.7 Å². The normalized spacial score (nSPS) is 23.9. The van der Waals surface area contributed by atoms with Crippen molar-refractivity contribution in [2.24, 2.45) is 22.6 Å². The van der Waals surface area contributed by atoms with Crippen molar-refractivity contribution < 1.29 is 29.0 Å². The fourth-order valence-corrected chi connectivity index (χ4v) is 5.02. The third kappa shape index (κ3) is 13.5. The molecule has 1 saturated heterocycles. The molecule has 0 aliphatic carbocycles. The lowest BCUT2D eigenvalue weighted by Gasteiger charge is -2.29. The second-order valence-electron chi connectivity index (χ2n) is 11.8. The smallest absolute Gasteiger partial charge is 0.329 e. The molecule has 12 heteroatoms. The van der Waals surface area contributed by atoms with Gasteiger partial charge in [-0.25, -0.2) is 4.79 Å². The van der Waals surface area contributed by atoms with E-state index in [1.54, 1.807) is 0 Å². The van der Waals surface area contributed by atoms with E-state index in [9.17, 15) is 24.3 Å². The van der Waals surface area contributed by atoms with Gasteiger partial charge in [-0.2, -0.15) is 0 Å². The SMILES string of the molecule is CCCCC(C)C1CC(=O)NC(CCCCN=C(N)N(CCC)CCC)C(=O)NC(CO)C(=O)NC(C(C)CC)C(=O)O1. The number of cyclic esters (lactones) is 1. The molecule has 0 saturated carbocycles. The van der Waals surface area contributed by atoms with Gasteiger partial charge in [0, 0.05) is 19.6 Å². The van der Waals surface area contributed by atoms with Gasteiger partial charge in [-0.05, 0) is 50.4 Å². The summed E-state index contributed by atoms with van der Waals surface area (Å²) in [5.74, 6) is -2.18. The summed E-state index contributed by atoms with van der Waals surface area (Å²) in [4.78, 5) is 59.5. The second kappa shape index (κ2) is 20.9. The number of nitrogens with zero attached hydrogens (tertiary/aromatic N) is 2. The number of carbonyl (C=O) groups excluding carboxylic acids is 4. The predicted molar refractivity (Wildman–Crippen MR) is 168 cm³/mol. The number of hydrogen-bond donors (Lipinski definition) is 5. The zero-order valence-electron chi connectivity index (χ0n) is 27.3. The maximum atomic E-state index is 13.3. The molecule has 1 aliphatic heterocycles. The van der Waals surface area contributed by atoms with Crippen molar-refractivity contribution in [1.82, 2.24) is 20.9 Å². The molecule has 1 aliphatic rings. The first-order valence-corrected chi connectivity index (χ1v) is 16.3. The van der Waals surface area contributed by atoms with Crippen molar-refractivity contribution in [1.29, 1.82) is 0 Å². The van der Waals surface area contributed by atoms with Crippen LogP contribution >= 0.6 is 0 Å². The number of hydrogen-bond acceptors (Lipinski definition) is 7. The number of unbranched alkanes of at least 4 members (excludes halogenated alkanes) is 2. The van der Waals surface area contributed by atoms with Gasteiger partial charge in [-0.15, -0.1) is 0 Å². The highest BCUT2D eigenvalue weighted by Gasteiger charge is 2.36. The number of aliphatic hydroxyl groups excluding tert-OH is 1. The number of aliphatic imine (C=N–C) groups is 1. The Bertz CT molecular complexity index is 894. The van der Waals surface area contributed by atoms with Crippen LogP contribution in [-0.4, -0.2) is 90.1 Å². The highest BCUT2D eigenvalue weighted by atomic mass is 16.5. The van der Waals surface area contributed by atoms with Crippen LogP contribution in [0.4, 0.5) is 0 Å². The van der Waals surface area contributed by atoms with E-state index < -0.39 is 54.5 Å². The van der Waals surface area contributed by atoms with Crippen molar-refractivity contribution in [2.45, 2.75) is 130 Å². The lowest BCUT2D eigenvalue weighted by molar-refractivity contribution is -0.158. The molecule has 0 spiro atoms. The van der Waals surface area contributed by atoms with Gasteiger partial charge >= 0.3 is 5.97 Å². The number of amides is 3. The molecule has 6 atom stereocenters. The Morgan fingerprint density at radius 3 is 2.16 bits per heavy atom. The van der Waals surface area contributed by atoms with Gasteiger partial charge in [-0.3, -0.25) is 19.4 Å². The predicted octanol–water partition coefficient (Wildman–Crippen LogP) is 2.23. The molecule has 0 aromatic carbocycles. The summed E-state index contributed by atoms with van der Waals surface area (Å²) < 4.78 is 5.88. The average molecular weight is 611 g/mol. The van der Waals surface area contributed by atoms with E-state index in [1.807, 2.05) is 20.8 Å². The van der Waals surface area contributed by atoms with E-state index in [0.29, 0.717) is 38.2 Å². The van der Waals surface area contributed by atoms with E-state index in [1.165, 1.54) is 0 Å². The molecular weight excluding hydrogens is 552 g/mol. The average Bonchev–Trinajstić information content (AvgIpc) is 2.99. The Morgan fingerprint density at radius 1 is 0.930 bits per heavy atom. The second-order valence-corrected chi connectivity index (χ2v) is 11.8. The number of esters is 1. The molecule has 0 aromatic heterocycles. The van der Waals surface area contributed by atoms with Crippen LogP contribution in [-0.2, 0) is 23.9 Å². The minimum absolute atomic E-state index is 0.101. The molecule has 43 heavy (non-hydrogen) atoms. The molecule has 248 valence electrons. The van der Waals surface area contributed by atoms with Crippen LogP contribution in [0, 0.1) is 11.8 Å². The van der Waals surface area contributed by atoms with Crippen LogP contribution in [0.15, 0.2) is 4.99 Å². The van der Waals surface area contributed by atoms with Gasteiger partial charge in [0.1, 0.15) is 24.2 Å². The Hall–Kier alpha value is -2.89. The summed E-state index contributed by atoms with van der Waals surface area (Å²) in [6.07, 6.45) is 5.83. The summed E-state index contributed by atoms with van der Waals surface area (Å²) in [6.45, 7) is 13.4. The maximum absolute atomic E-state index is 13.3. The topological polar surface area (TPSA) is 175 Å². The fourth-order valence-electron chi connectivity index (χ4n) is 5.02. The highest BCUT2D eigenvalue weighted by Crippen LogP contribution is 2.21. The van der Waals surface area contributed by atoms with Gasteiger partial charge in [-0.1, -0.05) is 60.8 Å². The number of aliphatic hydroxyl groups is 1. The number of nitrogens with two attached hydrogens (primary N) is 1. The summed E-state index contributed by atoms with van der Waals surface area (Å²) >= 11 is 0. The van der Waals surface area contributed by atoms with Crippen LogP contribution < -0.4 is 21.7 Å². The lowest BCUT2D eigenvalue weighted by atomic mass is 9.94. The summed E-state index contributed by atoms with van der Waals surface area (Å²) in [5, 5.41) is 18.0. The number of rotatable bonds is 16. The zero-order chi connectivity index (χ0) is 32.4. The number of nitrogens with one attached hydrogen (secondary N) is 3. The molecule has 0 radical (unpaired) electrons. The first-order chi connectivity index (χ1) is 20.5. The molecular formula is C31H58N6O6. The van der Waals surface area contributed by atoms with E-state index in [-0.39, 0.29) is 18.3 Å². The van der Waals surface area contributed by atoms with Gasteiger partial charge < -0.3 is 36.4 Å². The molecule has 1 fully saturated rings. The summed E-state index contributed by atoms with van der Waals surface area (Å²) in [6, 6.07) is -3.22. The first kappa shape index (κ1) is 38.1. The number of guanidine groups is 1. The molecule has 6 N–H and O–H groups in total. The van der Waals surface area contributed by atoms with Gasteiger partial charge in [0.05, 0.1) is 13.0 Å². The molecule has 3 amide bonds. The van der Waals surface area contributed by atoms with Crippen molar-refractivity contribution in [3.8, 4) is 0 Å². The highest BCUT2D eigenvalue weighted by molar-refractivity contribution is 5.94. The van der Waals surface area contributed by atoms with Crippen molar-refractivity contribution in [3.05, 3.63) is 0 Å². The Labute approximate surface area is 258 Å². The molecule has 12 nitrogen and oxygen atoms in total. The Balaban J connectivity index is 3.15. The van der Waals surface area contributed by atoms with E-state index in [0.717, 1.165) is 45.2 Å². The molecule has 0 aromatic rings. The van der Waals surface area contributed by atoms with Gasteiger partial charge in [0.15, 0.2) is 5.96 Å². The van der Waals surface area contributed by atoms with Crippen LogP contribution in [0.5, 0.6) is 0 Å². The van der Waals surface area contributed by atoms with Gasteiger partial charge in [0.2, 0.25) is 17.7 Å². The largest absolute Gasteiger partial charge is 0.460 e. The third-order valence-electron chi connectivity index (χ3n) is 8.02. The Kier molecular flexibility index (Phi) is 18.6. The van der Waals surface area contributed by atoms with Crippen molar-refractivity contribution in [2.75, 3.05) is 26.2 Å². The fraction of sp³-hybridized carbons (Fsp3) is 0.839. The molecule has 6 unspecified atom stereocenters. The number of ether oxygens (including phenoxy) is 1. The Morgan fingerprint density at radius 2 is 1.58 bits per heavy atom. The zero-order valence-corrected chi connectivity index (χ0v) is 27.3. The molecule has 0 bridgehead atoms. The standard InChI is InChI=1S/C31H58N6O6/c1-7-11-14-22(6)25-19-26(39)34-23(15-12-13-16-33-31(32)37(17-8-2)18-9-3)28(40)35-24(20-38)29(41)36-27(21(5)10-4)30(42)43-25/h21-25,27,38H,7-20H2,1-6H3,(H2,32,33)(H,34,39)(H,35,40)(H,36,41). The van der Waals surface area contributed by atoms with Crippen LogP contribution in [0.1, 0.15) is 106 Å². The van der Waals surface area contributed by atoms with E-state index >= 15 is 0 Å². The van der Waals surface area contributed by atoms with Crippen LogP contribution in [0.3, 0.4) is 0 Å². The number of carbonyl (C=O) groups is 4. The lowest BCUT2D eigenvalue weighted by Crippen LogP contribution is -2.57. The van der Waals surface area contributed by atoms with Crippen LogP contribution in [0.25, 0.3) is 0 Å². The minimum atomic E-state index is -1.29. The van der Waals surface area contributed by atoms with Crippen LogP contribution in [0.2, 0.25) is 0 Å². The van der Waals surface area contributed by atoms with Crippen molar-refractivity contribution in [3.63, 3.8) is 0 Å². The first-order valence-electron chi connectivity index (χ1n) is 16.3. The van der Waals surface area contributed by atoms with E-state index in [2.05, 4.69) is 46.6 Å². The third-order valence-corrected chi connectivity index (χ3v) is 8.02. The monoisotopic (exact) mass is 610 g/mol. The summed E-state index contributed by atoms with van der Waals surface area (Å²) in [7, 11) is 0. The maximum Gasteiger partial charge on any atom is 0.329 e. The molecule has 1 rings (SSSR count). The molecule has 1 heterocycles. The van der Waals surface area contributed by atoms with E-state index in [4.69, 9.17) is 10.5 Å². The van der Waals surface area contributed by atoms with Gasteiger partial charge in [0.25, 0.3) is 0 Å². The minimum Gasteiger partial charge on any atom is -0.460 e.